The molecule has 0 aliphatic carbocycles. The van der Waals surface area contributed by atoms with Crippen LogP contribution in [-0.4, -0.2) is 18.4 Å². The number of hydrogen-bond donors (Lipinski definition) is 2. The SMILES string of the molecule is Cc1ccccc1N.Cc1ccccc1NS(=O)(=O)c1ccc2c(Cl)cnc(Cl)c2c1.Clc1cnc(Cl)c2cc(Br)ccc12. The summed E-state index contributed by atoms with van der Waals surface area (Å²) in [5.41, 5.74) is 8.90. The van der Waals surface area contributed by atoms with E-state index in [1.165, 1.54) is 18.3 Å². The van der Waals surface area contributed by atoms with E-state index in [4.69, 9.17) is 52.1 Å². The summed E-state index contributed by atoms with van der Waals surface area (Å²) in [4.78, 5) is 8.00. The second-order valence-electron chi connectivity index (χ2n) is 9.47. The number of aromatic nitrogens is 2. The van der Waals surface area contributed by atoms with Gasteiger partial charge in [-0.2, -0.15) is 0 Å². The summed E-state index contributed by atoms with van der Waals surface area (Å²) in [6, 6.07) is 25.3. The van der Waals surface area contributed by atoms with Crippen molar-refractivity contribution in [3.63, 3.8) is 0 Å². The van der Waals surface area contributed by atoms with Gasteiger partial charge in [-0.05, 0) is 61.4 Å². The minimum atomic E-state index is -3.74. The fraction of sp³-hybridized carbons (Fsp3) is 0.0625. The van der Waals surface area contributed by atoms with E-state index < -0.39 is 10.0 Å². The molecule has 6 rings (SSSR count). The largest absolute Gasteiger partial charge is 0.399 e. The number of nitrogen functional groups attached to an aromatic ring is 1. The van der Waals surface area contributed by atoms with Crippen molar-refractivity contribution < 1.29 is 8.42 Å². The fourth-order valence-corrected chi connectivity index (χ4v) is 6.30. The van der Waals surface area contributed by atoms with E-state index in [-0.39, 0.29) is 10.0 Å². The first-order valence-electron chi connectivity index (χ1n) is 12.9. The number of pyridine rings is 2. The second kappa shape index (κ2) is 14.8. The molecule has 0 amide bonds. The lowest BCUT2D eigenvalue weighted by atomic mass is 10.2. The summed E-state index contributed by atoms with van der Waals surface area (Å²) in [5, 5.41) is 4.65. The molecule has 12 heteroatoms. The van der Waals surface area contributed by atoms with Gasteiger partial charge in [-0.25, -0.2) is 18.4 Å². The molecular weight excluding hydrogens is 726 g/mol. The lowest BCUT2D eigenvalue weighted by molar-refractivity contribution is 0.601. The summed E-state index contributed by atoms with van der Waals surface area (Å²) >= 11 is 27.3. The number of nitrogens with two attached hydrogens (primary N) is 1. The molecule has 0 bridgehead atoms. The number of sulfonamides is 1. The van der Waals surface area contributed by atoms with Crippen molar-refractivity contribution >= 4 is 105 Å². The summed E-state index contributed by atoms with van der Waals surface area (Å²) in [6.45, 7) is 3.83. The summed E-state index contributed by atoms with van der Waals surface area (Å²) in [6.07, 6.45) is 2.99. The highest BCUT2D eigenvalue weighted by Gasteiger charge is 2.17. The van der Waals surface area contributed by atoms with Crippen molar-refractivity contribution in [2.45, 2.75) is 18.7 Å². The van der Waals surface area contributed by atoms with Gasteiger partial charge in [0.05, 0.1) is 20.6 Å². The molecule has 0 spiro atoms. The number of benzene rings is 4. The highest BCUT2D eigenvalue weighted by atomic mass is 79.9. The predicted octanol–water partition coefficient (Wildman–Crippen LogP) is 10.5. The van der Waals surface area contributed by atoms with Crippen molar-refractivity contribution in [2.75, 3.05) is 10.5 Å². The molecule has 0 unspecified atom stereocenters. The van der Waals surface area contributed by atoms with Crippen LogP contribution in [0.4, 0.5) is 11.4 Å². The highest BCUT2D eigenvalue weighted by Crippen LogP contribution is 2.31. The number of anilines is 2. The van der Waals surface area contributed by atoms with Gasteiger partial charge in [0.2, 0.25) is 0 Å². The monoisotopic (exact) mass is 748 g/mol. The first kappa shape index (κ1) is 33.8. The van der Waals surface area contributed by atoms with E-state index in [0.717, 1.165) is 32.1 Å². The first-order chi connectivity index (χ1) is 20.9. The molecule has 2 heterocycles. The van der Waals surface area contributed by atoms with Gasteiger partial charge >= 0.3 is 0 Å². The molecule has 2 aromatic heterocycles. The van der Waals surface area contributed by atoms with Gasteiger partial charge in [0.25, 0.3) is 10.0 Å². The zero-order valence-electron chi connectivity index (χ0n) is 23.3. The summed E-state index contributed by atoms with van der Waals surface area (Å²) in [5.74, 6) is 0. The molecule has 0 radical (unpaired) electrons. The zero-order valence-corrected chi connectivity index (χ0v) is 28.8. The molecule has 0 saturated carbocycles. The van der Waals surface area contributed by atoms with Crippen LogP contribution in [0.2, 0.25) is 20.4 Å². The van der Waals surface area contributed by atoms with E-state index in [9.17, 15) is 8.42 Å². The van der Waals surface area contributed by atoms with Crippen LogP contribution in [-0.2, 0) is 10.0 Å². The second-order valence-corrected chi connectivity index (χ2v) is 13.6. The number of nitrogens with one attached hydrogen (secondary N) is 1. The van der Waals surface area contributed by atoms with E-state index in [1.807, 2.05) is 68.4 Å². The Morgan fingerprint density at radius 3 is 1.75 bits per heavy atom. The molecule has 0 atom stereocenters. The van der Waals surface area contributed by atoms with Crippen molar-refractivity contribution in [3.8, 4) is 0 Å². The van der Waals surface area contributed by atoms with Crippen LogP contribution < -0.4 is 10.5 Å². The average Bonchev–Trinajstić information content (AvgIpc) is 3.00. The van der Waals surface area contributed by atoms with Crippen LogP contribution in [0.5, 0.6) is 0 Å². The van der Waals surface area contributed by atoms with Crippen molar-refractivity contribution in [2.24, 2.45) is 0 Å². The molecular formula is C32H25BrCl4N4O2S. The van der Waals surface area contributed by atoms with Crippen LogP contribution >= 0.6 is 62.3 Å². The minimum absolute atomic E-state index is 0.0965. The van der Waals surface area contributed by atoms with E-state index >= 15 is 0 Å². The zero-order chi connectivity index (χ0) is 32.0. The third kappa shape index (κ3) is 8.33. The maximum atomic E-state index is 12.6. The van der Waals surface area contributed by atoms with Crippen molar-refractivity contribution in [3.05, 3.63) is 133 Å². The Morgan fingerprint density at radius 1 is 0.682 bits per heavy atom. The van der Waals surface area contributed by atoms with Gasteiger partial charge in [-0.3, -0.25) is 4.72 Å². The number of para-hydroxylation sites is 2. The maximum Gasteiger partial charge on any atom is 0.261 e. The Kier molecular flexibility index (Phi) is 11.3. The molecule has 4 aromatic carbocycles. The Hall–Kier alpha value is -3.11. The van der Waals surface area contributed by atoms with Crippen molar-refractivity contribution in [1.82, 2.24) is 9.97 Å². The molecule has 0 aliphatic rings. The standard InChI is InChI=1S/C16H12Cl2N2O2S.C9H4BrCl2N.C7H9N/c1-10-4-2-3-5-15(10)20-23(21,22)11-6-7-12-13(8-11)16(18)19-9-14(12)17;10-5-1-2-6-7(3-5)9(12)13-4-8(6)11;1-6-4-2-3-5-7(6)8/h2-9,20H,1H3;1-4H;2-5H,8H2,1H3. The lowest BCUT2D eigenvalue weighted by Gasteiger charge is -2.11. The van der Waals surface area contributed by atoms with Crippen LogP contribution in [0.25, 0.3) is 21.5 Å². The Balaban J connectivity index is 0.000000175. The van der Waals surface area contributed by atoms with E-state index in [2.05, 4.69) is 30.6 Å². The van der Waals surface area contributed by atoms with Gasteiger partial charge in [-0.15, -0.1) is 0 Å². The fourth-order valence-electron chi connectivity index (χ4n) is 3.95. The summed E-state index contributed by atoms with van der Waals surface area (Å²) < 4.78 is 28.7. The first-order valence-corrected chi connectivity index (χ1v) is 16.7. The number of halogens is 5. The lowest BCUT2D eigenvalue weighted by Crippen LogP contribution is -2.13. The Labute approximate surface area is 284 Å². The highest BCUT2D eigenvalue weighted by molar-refractivity contribution is 9.10. The van der Waals surface area contributed by atoms with Gasteiger partial charge in [0.15, 0.2) is 0 Å². The molecule has 0 aliphatic heterocycles. The van der Waals surface area contributed by atoms with Crippen LogP contribution in [0.15, 0.2) is 107 Å². The molecule has 44 heavy (non-hydrogen) atoms. The van der Waals surface area contributed by atoms with E-state index in [0.29, 0.717) is 31.7 Å². The van der Waals surface area contributed by atoms with Gasteiger partial charge in [0.1, 0.15) is 10.3 Å². The van der Waals surface area contributed by atoms with Crippen LogP contribution in [0.3, 0.4) is 0 Å². The topological polar surface area (TPSA) is 98.0 Å². The third-order valence-corrected chi connectivity index (χ3v) is 9.46. The van der Waals surface area contributed by atoms with Gasteiger partial charge in [0, 0.05) is 44.1 Å². The third-order valence-electron chi connectivity index (χ3n) is 6.40. The maximum absolute atomic E-state index is 12.6. The number of rotatable bonds is 3. The molecule has 3 N–H and O–H groups in total. The van der Waals surface area contributed by atoms with Crippen LogP contribution in [0, 0.1) is 13.8 Å². The minimum Gasteiger partial charge on any atom is -0.399 e. The molecule has 6 aromatic rings. The quantitative estimate of drug-likeness (QED) is 0.139. The molecule has 0 saturated heterocycles. The predicted molar refractivity (Wildman–Crippen MR) is 189 cm³/mol. The smallest absolute Gasteiger partial charge is 0.261 e. The Morgan fingerprint density at radius 2 is 1.20 bits per heavy atom. The van der Waals surface area contributed by atoms with E-state index in [1.54, 1.807) is 24.4 Å². The molecule has 6 nitrogen and oxygen atoms in total. The van der Waals surface area contributed by atoms with Crippen molar-refractivity contribution in [1.29, 1.82) is 0 Å². The number of aryl methyl sites for hydroxylation is 2. The average molecular weight is 751 g/mol. The Bertz CT molecular complexity index is 2060. The number of fused-ring (bicyclic) bond motifs is 2. The van der Waals surface area contributed by atoms with Gasteiger partial charge < -0.3 is 5.73 Å². The normalized spacial score (nSPS) is 10.9. The molecule has 226 valence electrons. The number of nitrogens with zero attached hydrogens (tertiary/aromatic N) is 2. The van der Waals surface area contributed by atoms with Crippen LogP contribution in [0.1, 0.15) is 11.1 Å². The van der Waals surface area contributed by atoms with Gasteiger partial charge in [-0.1, -0.05) is 111 Å². The molecule has 0 fully saturated rings. The number of hydrogen-bond acceptors (Lipinski definition) is 5. The summed E-state index contributed by atoms with van der Waals surface area (Å²) in [7, 11) is -3.74.